The minimum Gasteiger partial charge on any atom is -0.454 e. The Bertz CT molecular complexity index is 611. The Morgan fingerprint density at radius 1 is 1.30 bits per heavy atom. The number of aliphatic hydroxyl groups excluding tert-OH is 1. The largest absolute Gasteiger partial charge is 0.454 e. The summed E-state index contributed by atoms with van der Waals surface area (Å²) in [7, 11) is 0. The molecule has 2 aromatic carbocycles. The zero-order valence-electron chi connectivity index (χ0n) is 11.4. The lowest BCUT2D eigenvalue weighted by Gasteiger charge is -2.14. The number of rotatable bonds is 4. The first-order valence-corrected chi connectivity index (χ1v) is 6.83. The van der Waals surface area contributed by atoms with Crippen LogP contribution in [0.1, 0.15) is 31.1 Å². The summed E-state index contributed by atoms with van der Waals surface area (Å²) in [6, 6.07) is 9.67. The number of ether oxygens (including phenoxy) is 1. The van der Waals surface area contributed by atoms with Crippen LogP contribution in [0.15, 0.2) is 36.4 Å². The van der Waals surface area contributed by atoms with E-state index < -0.39 is 11.9 Å². The third-order valence-electron chi connectivity index (χ3n) is 3.07. The molecule has 2 nitrogen and oxygen atoms in total. The van der Waals surface area contributed by atoms with Crippen molar-refractivity contribution in [2.45, 2.75) is 26.4 Å². The number of benzene rings is 2. The normalized spacial score (nSPS) is 12.2. The molecule has 1 N–H and O–H groups in total. The Morgan fingerprint density at radius 3 is 2.70 bits per heavy atom. The van der Waals surface area contributed by atoms with Gasteiger partial charge in [-0.15, -0.1) is 0 Å². The monoisotopic (exact) mass is 294 g/mol. The van der Waals surface area contributed by atoms with E-state index in [9.17, 15) is 9.50 Å². The Labute approximate surface area is 122 Å². The summed E-state index contributed by atoms with van der Waals surface area (Å²) in [5.41, 5.74) is 1.34. The quantitative estimate of drug-likeness (QED) is 0.870. The first-order valence-electron chi connectivity index (χ1n) is 6.45. The van der Waals surface area contributed by atoms with E-state index in [1.807, 2.05) is 6.92 Å². The molecule has 0 unspecified atom stereocenters. The van der Waals surface area contributed by atoms with Gasteiger partial charge < -0.3 is 9.84 Å². The van der Waals surface area contributed by atoms with Crippen LogP contribution in [-0.4, -0.2) is 5.11 Å². The summed E-state index contributed by atoms with van der Waals surface area (Å²) >= 11 is 6.04. The molecule has 0 spiro atoms. The van der Waals surface area contributed by atoms with Gasteiger partial charge in [-0.1, -0.05) is 30.7 Å². The average Bonchev–Trinajstić information content (AvgIpc) is 2.42. The average molecular weight is 295 g/mol. The van der Waals surface area contributed by atoms with Crippen molar-refractivity contribution in [2.24, 2.45) is 0 Å². The molecule has 0 saturated carbocycles. The lowest BCUT2D eigenvalue weighted by Crippen LogP contribution is -1.99. The lowest BCUT2D eigenvalue weighted by molar-refractivity contribution is 0.194. The van der Waals surface area contributed by atoms with Gasteiger partial charge in [-0.05, 0) is 43.2 Å². The van der Waals surface area contributed by atoms with Gasteiger partial charge in [0.05, 0.1) is 6.10 Å². The van der Waals surface area contributed by atoms with Gasteiger partial charge in [0, 0.05) is 10.6 Å². The van der Waals surface area contributed by atoms with E-state index in [4.69, 9.17) is 16.3 Å². The highest BCUT2D eigenvalue weighted by atomic mass is 35.5. The molecule has 0 heterocycles. The highest BCUT2D eigenvalue weighted by Crippen LogP contribution is 2.33. The van der Waals surface area contributed by atoms with Crippen LogP contribution in [0.2, 0.25) is 5.02 Å². The first kappa shape index (κ1) is 14.8. The molecule has 0 aliphatic heterocycles. The molecule has 0 aliphatic rings. The third-order valence-corrected chi connectivity index (χ3v) is 3.43. The Morgan fingerprint density at radius 2 is 2.05 bits per heavy atom. The summed E-state index contributed by atoms with van der Waals surface area (Å²) in [5.74, 6) is 0.0431. The zero-order chi connectivity index (χ0) is 14.7. The zero-order valence-corrected chi connectivity index (χ0v) is 12.1. The number of hydrogen-bond donors (Lipinski definition) is 1. The van der Waals surface area contributed by atoms with Gasteiger partial charge in [-0.3, -0.25) is 0 Å². The minimum absolute atomic E-state index is 0.0480. The molecule has 20 heavy (non-hydrogen) atoms. The first-order chi connectivity index (χ1) is 9.52. The second-order valence-electron chi connectivity index (χ2n) is 4.54. The fourth-order valence-corrected chi connectivity index (χ4v) is 2.22. The van der Waals surface area contributed by atoms with Crippen LogP contribution in [0, 0.1) is 5.82 Å². The molecule has 0 radical (unpaired) electrons. The van der Waals surface area contributed by atoms with Crippen LogP contribution in [0.4, 0.5) is 4.39 Å². The summed E-state index contributed by atoms with van der Waals surface area (Å²) in [5, 5.41) is 10.3. The maximum atomic E-state index is 13.9. The second kappa shape index (κ2) is 6.25. The van der Waals surface area contributed by atoms with Gasteiger partial charge in [-0.2, -0.15) is 0 Å². The molecule has 0 fully saturated rings. The highest BCUT2D eigenvalue weighted by molar-refractivity contribution is 6.31. The maximum absolute atomic E-state index is 13.9. The van der Waals surface area contributed by atoms with Gasteiger partial charge >= 0.3 is 0 Å². The number of para-hydroxylation sites is 1. The van der Waals surface area contributed by atoms with Gasteiger partial charge in [-0.25, -0.2) is 4.39 Å². The number of aliphatic hydroxyl groups is 1. The molecular weight excluding hydrogens is 279 g/mol. The predicted octanol–water partition coefficient (Wildman–Crippen LogP) is 4.89. The Hall–Kier alpha value is -1.58. The van der Waals surface area contributed by atoms with E-state index >= 15 is 0 Å². The summed E-state index contributed by atoms with van der Waals surface area (Å²) < 4.78 is 19.5. The second-order valence-corrected chi connectivity index (χ2v) is 4.95. The van der Waals surface area contributed by atoms with Crippen molar-refractivity contribution >= 4 is 11.6 Å². The molecule has 0 saturated heterocycles. The third kappa shape index (κ3) is 3.11. The Kier molecular flexibility index (Phi) is 4.63. The molecule has 4 heteroatoms. The van der Waals surface area contributed by atoms with Crippen molar-refractivity contribution in [3.8, 4) is 11.5 Å². The molecule has 106 valence electrons. The molecule has 0 bridgehead atoms. The molecule has 2 rings (SSSR count). The van der Waals surface area contributed by atoms with E-state index in [2.05, 4.69) is 0 Å². The number of halogens is 2. The molecular formula is C16H16ClFO2. The van der Waals surface area contributed by atoms with Gasteiger partial charge in [0.2, 0.25) is 0 Å². The van der Waals surface area contributed by atoms with E-state index in [1.54, 1.807) is 37.3 Å². The van der Waals surface area contributed by atoms with Gasteiger partial charge in [0.1, 0.15) is 5.75 Å². The van der Waals surface area contributed by atoms with Crippen LogP contribution in [0.3, 0.4) is 0 Å². The standard InChI is InChI=1S/C16H16ClFO2/c1-3-11-9-12(7-8-14(11)17)20-16-13(10(2)19)5-4-6-15(16)18/h4-10,19H,3H2,1-2H3/t10-/m0/s1. The van der Waals surface area contributed by atoms with Crippen molar-refractivity contribution in [3.05, 3.63) is 58.4 Å². The lowest BCUT2D eigenvalue weighted by atomic mass is 10.1. The fourth-order valence-electron chi connectivity index (χ4n) is 1.97. The van der Waals surface area contributed by atoms with Gasteiger partial charge in [0.15, 0.2) is 11.6 Å². The summed E-state index contributed by atoms with van der Waals surface area (Å²) in [6.45, 7) is 3.55. The molecule has 2 aromatic rings. The van der Waals surface area contributed by atoms with Crippen molar-refractivity contribution in [1.29, 1.82) is 0 Å². The van der Waals surface area contributed by atoms with Crippen molar-refractivity contribution in [1.82, 2.24) is 0 Å². The SMILES string of the molecule is CCc1cc(Oc2c(F)cccc2[C@H](C)O)ccc1Cl. The molecule has 0 aliphatic carbocycles. The van der Waals surface area contributed by atoms with Crippen molar-refractivity contribution < 1.29 is 14.2 Å². The number of hydrogen-bond acceptors (Lipinski definition) is 2. The highest BCUT2D eigenvalue weighted by Gasteiger charge is 2.15. The number of aryl methyl sites for hydroxylation is 1. The topological polar surface area (TPSA) is 29.5 Å². The van der Waals surface area contributed by atoms with Crippen molar-refractivity contribution in [3.63, 3.8) is 0 Å². The van der Waals surface area contributed by atoms with Crippen molar-refractivity contribution in [2.75, 3.05) is 0 Å². The summed E-state index contributed by atoms with van der Waals surface area (Å²) in [6.07, 6.45) is -0.0463. The molecule has 0 amide bonds. The van der Waals surface area contributed by atoms with E-state index in [0.29, 0.717) is 16.3 Å². The molecule has 0 aromatic heterocycles. The van der Waals surface area contributed by atoms with Crippen LogP contribution in [-0.2, 0) is 6.42 Å². The van der Waals surface area contributed by atoms with E-state index in [-0.39, 0.29) is 5.75 Å². The predicted molar refractivity (Wildman–Crippen MR) is 77.9 cm³/mol. The van der Waals surface area contributed by atoms with Gasteiger partial charge in [0.25, 0.3) is 0 Å². The maximum Gasteiger partial charge on any atom is 0.168 e. The minimum atomic E-state index is -0.807. The molecule has 1 atom stereocenters. The van der Waals surface area contributed by atoms with Crippen LogP contribution in [0.25, 0.3) is 0 Å². The van der Waals surface area contributed by atoms with Crippen LogP contribution in [0.5, 0.6) is 11.5 Å². The van der Waals surface area contributed by atoms with E-state index in [1.165, 1.54) is 6.07 Å². The van der Waals surface area contributed by atoms with Crippen LogP contribution >= 0.6 is 11.6 Å². The summed E-state index contributed by atoms with van der Waals surface area (Å²) in [4.78, 5) is 0. The Balaban J connectivity index is 2.39. The van der Waals surface area contributed by atoms with E-state index in [0.717, 1.165) is 12.0 Å². The fraction of sp³-hybridized carbons (Fsp3) is 0.250. The smallest absolute Gasteiger partial charge is 0.168 e. The van der Waals surface area contributed by atoms with Crippen LogP contribution < -0.4 is 4.74 Å².